The third-order valence-corrected chi connectivity index (χ3v) is 3.83. The first-order valence-corrected chi connectivity index (χ1v) is 8.00. The number of hydrogen-bond donors (Lipinski definition) is 0. The second-order valence-corrected chi connectivity index (χ2v) is 6.16. The van der Waals surface area contributed by atoms with Crippen molar-refractivity contribution in [2.75, 3.05) is 6.54 Å². The summed E-state index contributed by atoms with van der Waals surface area (Å²) in [6, 6.07) is 11.1. The van der Waals surface area contributed by atoms with Crippen molar-refractivity contribution in [1.29, 1.82) is 0 Å². The summed E-state index contributed by atoms with van der Waals surface area (Å²) in [5.74, 6) is 1.74. The zero-order valence-electron chi connectivity index (χ0n) is 13.3. The zero-order chi connectivity index (χ0) is 15.4. The lowest BCUT2D eigenvalue weighted by Gasteiger charge is -2.17. The van der Waals surface area contributed by atoms with Crippen LogP contribution in [-0.4, -0.2) is 27.7 Å². The molecule has 1 aromatic carbocycles. The van der Waals surface area contributed by atoms with E-state index >= 15 is 0 Å². The molecule has 1 saturated carbocycles. The van der Waals surface area contributed by atoms with Crippen molar-refractivity contribution in [3.8, 4) is 0 Å². The van der Waals surface area contributed by atoms with E-state index in [4.69, 9.17) is 4.42 Å². The monoisotopic (exact) mass is 297 g/mol. The van der Waals surface area contributed by atoms with Crippen molar-refractivity contribution in [2.24, 2.45) is 0 Å². The number of aromatic nitrogens is 2. The quantitative estimate of drug-likeness (QED) is 0.778. The fraction of sp³-hybridized carbons (Fsp3) is 0.444. The van der Waals surface area contributed by atoms with Gasteiger partial charge in [-0.3, -0.25) is 4.90 Å². The first kappa shape index (κ1) is 15.0. The van der Waals surface area contributed by atoms with Gasteiger partial charge in [0, 0.05) is 18.5 Å². The molecule has 0 atom stereocenters. The summed E-state index contributed by atoms with van der Waals surface area (Å²) >= 11 is 0. The maximum absolute atomic E-state index is 5.73. The molecule has 0 N–H and O–H groups in total. The highest BCUT2D eigenvalue weighted by Gasteiger charge is 2.29. The van der Waals surface area contributed by atoms with E-state index in [1.807, 2.05) is 6.07 Å². The van der Waals surface area contributed by atoms with Gasteiger partial charge in [0.15, 0.2) is 0 Å². The molecule has 1 heterocycles. The lowest BCUT2D eigenvalue weighted by molar-refractivity contribution is 0.249. The van der Waals surface area contributed by atoms with Gasteiger partial charge in [-0.1, -0.05) is 56.3 Å². The minimum atomic E-state index is 0.286. The van der Waals surface area contributed by atoms with Crippen LogP contribution in [0.5, 0.6) is 0 Å². The summed E-state index contributed by atoms with van der Waals surface area (Å²) in [4.78, 5) is 2.41. The highest BCUT2D eigenvalue weighted by atomic mass is 16.4. The van der Waals surface area contributed by atoms with Gasteiger partial charge in [0.05, 0.1) is 6.54 Å². The predicted octanol–water partition coefficient (Wildman–Crippen LogP) is 3.87. The molecule has 1 aliphatic carbocycles. The second kappa shape index (κ2) is 6.88. The van der Waals surface area contributed by atoms with Crippen molar-refractivity contribution < 1.29 is 4.42 Å². The lowest BCUT2D eigenvalue weighted by Crippen LogP contribution is -2.25. The van der Waals surface area contributed by atoms with Crippen LogP contribution in [0.25, 0.3) is 6.08 Å². The molecule has 1 aliphatic rings. The third-order valence-electron chi connectivity index (χ3n) is 3.83. The molecule has 0 unspecified atom stereocenters. The van der Waals surface area contributed by atoms with Gasteiger partial charge in [0.2, 0.25) is 11.8 Å². The topological polar surface area (TPSA) is 42.2 Å². The maximum Gasteiger partial charge on any atom is 0.230 e. The fourth-order valence-corrected chi connectivity index (χ4v) is 2.41. The van der Waals surface area contributed by atoms with Crippen molar-refractivity contribution >= 4 is 6.08 Å². The summed E-state index contributed by atoms with van der Waals surface area (Å²) in [7, 11) is 0. The molecule has 1 fully saturated rings. The highest BCUT2D eigenvalue weighted by molar-refractivity contribution is 5.48. The van der Waals surface area contributed by atoms with Crippen LogP contribution in [0, 0.1) is 0 Å². The van der Waals surface area contributed by atoms with Gasteiger partial charge in [0.1, 0.15) is 0 Å². The lowest BCUT2D eigenvalue weighted by atomic mass is 10.2. The van der Waals surface area contributed by atoms with E-state index in [2.05, 4.69) is 65.4 Å². The molecule has 0 saturated heterocycles. The Morgan fingerprint density at radius 3 is 2.64 bits per heavy atom. The Balaban J connectivity index is 1.59. The van der Waals surface area contributed by atoms with E-state index in [9.17, 15) is 0 Å². The second-order valence-electron chi connectivity index (χ2n) is 6.16. The maximum atomic E-state index is 5.73. The van der Waals surface area contributed by atoms with Crippen LogP contribution in [0.3, 0.4) is 0 Å². The van der Waals surface area contributed by atoms with Crippen LogP contribution in [0.1, 0.15) is 50.0 Å². The minimum absolute atomic E-state index is 0.286. The number of hydrogen-bond acceptors (Lipinski definition) is 4. The molecule has 0 bridgehead atoms. The van der Waals surface area contributed by atoms with Crippen molar-refractivity contribution in [3.05, 3.63) is 53.8 Å². The Bertz CT molecular complexity index is 614. The van der Waals surface area contributed by atoms with Crippen LogP contribution in [0.2, 0.25) is 0 Å². The molecule has 4 nitrogen and oxygen atoms in total. The summed E-state index contributed by atoms with van der Waals surface area (Å²) in [5, 5.41) is 8.29. The van der Waals surface area contributed by atoms with Crippen LogP contribution in [0.15, 0.2) is 40.8 Å². The third kappa shape index (κ3) is 4.04. The van der Waals surface area contributed by atoms with Gasteiger partial charge in [-0.05, 0) is 18.4 Å². The Kier molecular flexibility index (Phi) is 4.68. The fourth-order valence-electron chi connectivity index (χ4n) is 2.41. The van der Waals surface area contributed by atoms with E-state index < -0.39 is 0 Å². The Labute approximate surface area is 131 Å². The average molecular weight is 297 g/mol. The van der Waals surface area contributed by atoms with Crippen molar-refractivity contribution in [2.45, 2.75) is 45.2 Å². The molecule has 0 amide bonds. The van der Waals surface area contributed by atoms with Crippen LogP contribution >= 0.6 is 0 Å². The molecule has 0 aliphatic heterocycles. The molecule has 4 heteroatoms. The normalized spacial score (nSPS) is 15.3. The summed E-state index contributed by atoms with van der Waals surface area (Å²) < 4.78 is 5.73. The number of rotatable bonds is 7. The summed E-state index contributed by atoms with van der Waals surface area (Å²) in [6.07, 6.45) is 6.92. The number of nitrogens with zero attached hydrogens (tertiary/aromatic N) is 3. The van der Waals surface area contributed by atoms with Gasteiger partial charge >= 0.3 is 0 Å². The van der Waals surface area contributed by atoms with Gasteiger partial charge in [-0.25, -0.2) is 0 Å². The van der Waals surface area contributed by atoms with Crippen molar-refractivity contribution in [1.82, 2.24) is 15.1 Å². The standard InChI is InChI=1S/C18H23N3O/c1-14(2)18-20-19-17(22-18)13-21(16-10-11-16)12-6-9-15-7-4-3-5-8-15/h3-9,14,16H,10-13H2,1-2H3/b9-6+. The molecule has 0 radical (unpaired) electrons. The predicted molar refractivity (Wildman–Crippen MR) is 87.3 cm³/mol. The molecule has 116 valence electrons. The van der Waals surface area contributed by atoms with Gasteiger partial charge in [0.25, 0.3) is 0 Å². The zero-order valence-corrected chi connectivity index (χ0v) is 13.3. The first-order chi connectivity index (χ1) is 10.7. The van der Waals surface area contributed by atoms with Gasteiger partial charge < -0.3 is 4.42 Å². The molecule has 1 aromatic heterocycles. The molecule has 3 rings (SSSR count). The van der Waals surface area contributed by atoms with Gasteiger partial charge in [-0.2, -0.15) is 0 Å². The Hall–Kier alpha value is -1.94. The molecular weight excluding hydrogens is 274 g/mol. The number of benzene rings is 1. The van der Waals surface area contributed by atoms with Crippen LogP contribution in [0.4, 0.5) is 0 Å². The molecular formula is C18H23N3O. The first-order valence-electron chi connectivity index (χ1n) is 8.00. The molecule has 0 spiro atoms. The minimum Gasteiger partial charge on any atom is -0.424 e. The smallest absolute Gasteiger partial charge is 0.230 e. The Morgan fingerprint density at radius 1 is 1.23 bits per heavy atom. The van der Waals surface area contributed by atoms with Gasteiger partial charge in [-0.15, -0.1) is 10.2 Å². The molecule has 2 aromatic rings. The summed E-state index contributed by atoms with van der Waals surface area (Å²) in [6.45, 7) is 5.79. The Morgan fingerprint density at radius 2 is 2.00 bits per heavy atom. The molecule has 22 heavy (non-hydrogen) atoms. The van der Waals surface area contributed by atoms with Crippen molar-refractivity contribution in [3.63, 3.8) is 0 Å². The van der Waals surface area contributed by atoms with E-state index in [-0.39, 0.29) is 5.92 Å². The largest absolute Gasteiger partial charge is 0.424 e. The van der Waals surface area contributed by atoms with E-state index in [0.717, 1.165) is 24.9 Å². The summed E-state index contributed by atoms with van der Waals surface area (Å²) in [5.41, 5.74) is 1.23. The van der Waals surface area contributed by atoms with E-state index in [1.54, 1.807) is 0 Å². The van der Waals surface area contributed by atoms with E-state index in [1.165, 1.54) is 18.4 Å². The average Bonchev–Trinajstić information content (AvgIpc) is 3.26. The van der Waals surface area contributed by atoms with Crippen LogP contribution in [-0.2, 0) is 6.54 Å². The van der Waals surface area contributed by atoms with Crippen LogP contribution < -0.4 is 0 Å². The SMILES string of the molecule is CC(C)c1nnc(CN(C/C=C/c2ccccc2)C2CC2)o1. The highest BCUT2D eigenvalue weighted by Crippen LogP contribution is 2.28. The van der Waals surface area contributed by atoms with E-state index in [0.29, 0.717) is 6.04 Å².